The molecule has 0 saturated heterocycles. The third-order valence-corrected chi connectivity index (χ3v) is 1.37. The molecular weight excluding hydrogens is 124 g/mol. The summed E-state index contributed by atoms with van der Waals surface area (Å²) in [7, 11) is 4.05. The van der Waals surface area contributed by atoms with Crippen molar-refractivity contribution in [3.63, 3.8) is 0 Å². The Morgan fingerprint density at radius 3 is 3.00 bits per heavy atom. The maximum atomic E-state index is 4.09. The summed E-state index contributed by atoms with van der Waals surface area (Å²) in [6, 6.07) is 0. The summed E-state index contributed by atoms with van der Waals surface area (Å²) in [6.07, 6.45) is 7.97. The lowest BCUT2D eigenvalue weighted by molar-refractivity contribution is 0.531. The number of hydrogen-bond donors (Lipinski definition) is 0. The maximum absolute atomic E-state index is 4.09. The van der Waals surface area contributed by atoms with Gasteiger partial charge in [-0.3, -0.25) is 4.99 Å². The highest BCUT2D eigenvalue weighted by Crippen LogP contribution is 2.01. The molecule has 10 heavy (non-hydrogen) atoms. The van der Waals surface area contributed by atoms with Crippen LogP contribution >= 0.6 is 0 Å². The van der Waals surface area contributed by atoms with Crippen molar-refractivity contribution in [3.8, 4) is 0 Å². The number of allylic oxidation sites excluding steroid dienone is 2. The minimum absolute atomic E-state index is 0.799. The molecule has 0 spiro atoms. The van der Waals surface area contributed by atoms with Gasteiger partial charge in [0.05, 0.1) is 6.54 Å². The van der Waals surface area contributed by atoms with Gasteiger partial charge in [-0.15, -0.1) is 0 Å². The first kappa shape index (κ1) is 7.06. The predicted octanol–water partition coefficient (Wildman–Crippen LogP) is 1.07. The highest BCUT2D eigenvalue weighted by Gasteiger charge is 1.93. The van der Waals surface area contributed by atoms with Crippen molar-refractivity contribution < 1.29 is 0 Å². The molecule has 0 unspecified atom stereocenters. The third kappa shape index (κ3) is 1.72. The topological polar surface area (TPSA) is 15.6 Å². The first-order chi connectivity index (χ1) is 4.80. The van der Waals surface area contributed by atoms with Crippen LogP contribution in [0.25, 0.3) is 0 Å². The average Bonchev–Trinajstić information content (AvgIpc) is 2.12. The van der Waals surface area contributed by atoms with Crippen LogP contribution in [0.1, 0.15) is 0 Å². The smallest absolute Gasteiger partial charge is 0.0574 e. The normalized spacial score (nSPS) is 16.4. The largest absolute Gasteiger partial charge is 0.378 e. The lowest BCUT2D eigenvalue weighted by atomic mass is 10.3. The van der Waals surface area contributed by atoms with E-state index >= 15 is 0 Å². The Hall–Kier alpha value is -1.05. The third-order valence-electron chi connectivity index (χ3n) is 1.37. The average molecular weight is 136 g/mol. The van der Waals surface area contributed by atoms with Crippen LogP contribution in [0.3, 0.4) is 0 Å². The van der Waals surface area contributed by atoms with E-state index < -0.39 is 0 Å². The SMILES string of the molecule is CN(C)C1=CC=NCC=C1. The van der Waals surface area contributed by atoms with E-state index in [2.05, 4.69) is 22.0 Å². The lowest BCUT2D eigenvalue weighted by Gasteiger charge is -2.11. The van der Waals surface area contributed by atoms with Crippen molar-refractivity contribution >= 4 is 6.21 Å². The molecule has 0 aromatic heterocycles. The van der Waals surface area contributed by atoms with E-state index in [0.29, 0.717) is 0 Å². The molecule has 2 heteroatoms. The number of hydrogen-bond acceptors (Lipinski definition) is 2. The highest BCUT2D eigenvalue weighted by molar-refractivity contribution is 5.73. The summed E-state index contributed by atoms with van der Waals surface area (Å²) in [6.45, 7) is 0.799. The lowest BCUT2D eigenvalue weighted by Crippen LogP contribution is -2.08. The van der Waals surface area contributed by atoms with Gasteiger partial charge < -0.3 is 4.90 Å². The van der Waals surface area contributed by atoms with Crippen LogP contribution in [0, 0.1) is 0 Å². The van der Waals surface area contributed by atoms with E-state index in [-0.39, 0.29) is 0 Å². The highest BCUT2D eigenvalue weighted by atomic mass is 15.1. The predicted molar refractivity (Wildman–Crippen MR) is 44.3 cm³/mol. The summed E-state index contributed by atoms with van der Waals surface area (Å²) in [5.41, 5.74) is 1.20. The summed E-state index contributed by atoms with van der Waals surface area (Å²) >= 11 is 0. The molecule has 0 saturated carbocycles. The summed E-state index contributed by atoms with van der Waals surface area (Å²) in [4.78, 5) is 6.15. The van der Waals surface area contributed by atoms with Crippen LogP contribution in [0.2, 0.25) is 0 Å². The van der Waals surface area contributed by atoms with Crippen molar-refractivity contribution in [2.45, 2.75) is 0 Å². The molecule has 1 rings (SSSR count). The van der Waals surface area contributed by atoms with Gasteiger partial charge in [0.2, 0.25) is 0 Å². The molecule has 1 heterocycles. The van der Waals surface area contributed by atoms with Gasteiger partial charge in [-0.1, -0.05) is 6.08 Å². The Bertz CT molecular complexity index is 187. The fraction of sp³-hybridized carbons (Fsp3) is 0.375. The van der Waals surface area contributed by atoms with Crippen LogP contribution in [-0.2, 0) is 0 Å². The van der Waals surface area contributed by atoms with E-state index in [9.17, 15) is 0 Å². The molecule has 0 bridgehead atoms. The van der Waals surface area contributed by atoms with E-state index in [1.807, 2.05) is 26.4 Å². The second-order valence-corrected chi connectivity index (χ2v) is 2.40. The molecule has 54 valence electrons. The monoisotopic (exact) mass is 136 g/mol. The molecule has 1 aliphatic rings. The Morgan fingerprint density at radius 1 is 1.50 bits per heavy atom. The molecule has 0 fully saturated rings. The first-order valence-corrected chi connectivity index (χ1v) is 3.34. The van der Waals surface area contributed by atoms with Crippen molar-refractivity contribution in [1.29, 1.82) is 0 Å². The molecule has 0 aromatic rings. The zero-order valence-corrected chi connectivity index (χ0v) is 6.41. The molecule has 0 amide bonds. The van der Waals surface area contributed by atoms with Crippen LogP contribution in [0.5, 0.6) is 0 Å². The van der Waals surface area contributed by atoms with Gasteiger partial charge in [0, 0.05) is 26.0 Å². The first-order valence-electron chi connectivity index (χ1n) is 3.34. The van der Waals surface area contributed by atoms with Gasteiger partial charge in [-0.25, -0.2) is 0 Å². The van der Waals surface area contributed by atoms with Crippen LogP contribution in [-0.4, -0.2) is 31.8 Å². The molecule has 0 aliphatic carbocycles. The van der Waals surface area contributed by atoms with Crippen molar-refractivity contribution in [2.75, 3.05) is 20.6 Å². The number of rotatable bonds is 1. The quantitative estimate of drug-likeness (QED) is 0.526. The molecule has 2 nitrogen and oxygen atoms in total. The van der Waals surface area contributed by atoms with E-state index in [4.69, 9.17) is 0 Å². The fourth-order valence-electron chi connectivity index (χ4n) is 0.778. The van der Waals surface area contributed by atoms with Gasteiger partial charge >= 0.3 is 0 Å². The van der Waals surface area contributed by atoms with Crippen molar-refractivity contribution in [2.24, 2.45) is 4.99 Å². The second-order valence-electron chi connectivity index (χ2n) is 2.40. The van der Waals surface area contributed by atoms with Gasteiger partial charge in [0.1, 0.15) is 0 Å². The Kier molecular flexibility index (Phi) is 2.26. The summed E-state index contributed by atoms with van der Waals surface area (Å²) < 4.78 is 0. The number of likely N-dealkylation sites (N-methyl/N-ethyl adjacent to an activating group) is 1. The zero-order valence-electron chi connectivity index (χ0n) is 6.41. The van der Waals surface area contributed by atoms with Crippen LogP contribution in [0.15, 0.2) is 28.9 Å². The van der Waals surface area contributed by atoms with E-state index in [0.717, 1.165) is 6.54 Å². The maximum Gasteiger partial charge on any atom is 0.0574 e. The molecule has 0 N–H and O–H groups in total. The molecule has 1 aliphatic heterocycles. The molecule has 0 radical (unpaired) electrons. The van der Waals surface area contributed by atoms with Gasteiger partial charge in [-0.2, -0.15) is 0 Å². The zero-order chi connectivity index (χ0) is 7.40. The van der Waals surface area contributed by atoms with E-state index in [1.165, 1.54) is 5.70 Å². The number of aliphatic imine (C=N–C) groups is 1. The minimum Gasteiger partial charge on any atom is -0.378 e. The van der Waals surface area contributed by atoms with Crippen LogP contribution in [0.4, 0.5) is 0 Å². The fourth-order valence-corrected chi connectivity index (χ4v) is 0.778. The minimum atomic E-state index is 0.799. The van der Waals surface area contributed by atoms with Crippen LogP contribution < -0.4 is 0 Å². The van der Waals surface area contributed by atoms with Gasteiger partial charge in [0.25, 0.3) is 0 Å². The summed E-state index contributed by atoms with van der Waals surface area (Å²) in [5, 5.41) is 0. The standard InChI is InChI=1S/C8H12N2/c1-10(2)8-4-3-6-9-7-5-8/h3-5,7H,6H2,1-2H3. The Labute approximate surface area is 61.6 Å². The second kappa shape index (κ2) is 3.20. The molecular formula is C8H12N2. The summed E-state index contributed by atoms with van der Waals surface area (Å²) in [5.74, 6) is 0. The van der Waals surface area contributed by atoms with E-state index in [1.54, 1.807) is 0 Å². The van der Waals surface area contributed by atoms with Gasteiger partial charge in [-0.05, 0) is 12.2 Å². The molecule has 0 atom stereocenters. The Morgan fingerprint density at radius 2 is 2.30 bits per heavy atom. The van der Waals surface area contributed by atoms with Gasteiger partial charge in [0.15, 0.2) is 0 Å². The van der Waals surface area contributed by atoms with Crippen molar-refractivity contribution in [3.05, 3.63) is 23.9 Å². The number of nitrogens with zero attached hydrogens (tertiary/aromatic N) is 2. The Balaban J connectivity index is 2.73. The molecule has 0 aromatic carbocycles. The van der Waals surface area contributed by atoms with Crippen molar-refractivity contribution in [1.82, 2.24) is 4.90 Å².